The van der Waals surface area contributed by atoms with Gasteiger partial charge in [-0.1, -0.05) is 48.5 Å². The third-order valence-electron chi connectivity index (χ3n) is 3.84. The summed E-state index contributed by atoms with van der Waals surface area (Å²) in [5, 5.41) is 24.2. The highest BCUT2D eigenvalue weighted by Crippen LogP contribution is 2.19. The minimum absolute atomic E-state index is 0.101. The van der Waals surface area contributed by atoms with Gasteiger partial charge in [-0.05, 0) is 35.4 Å². The van der Waals surface area contributed by atoms with Crippen molar-refractivity contribution >= 4 is 23.6 Å². The van der Waals surface area contributed by atoms with Crippen molar-refractivity contribution in [2.24, 2.45) is 5.10 Å². The van der Waals surface area contributed by atoms with E-state index in [2.05, 4.69) is 17.2 Å². The minimum Gasteiger partial charge on any atom is -0.265 e. The van der Waals surface area contributed by atoms with Crippen molar-refractivity contribution in [1.29, 1.82) is 10.5 Å². The molecule has 120 valence electrons. The van der Waals surface area contributed by atoms with Crippen LogP contribution in [0.3, 0.4) is 0 Å². The predicted octanol–water partition coefficient (Wildman–Crippen LogP) is 4.40. The van der Waals surface area contributed by atoms with E-state index in [1.165, 1.54) is 0 Å². The normalized spacial score (nSPS) is 13.2. The lowest BCUT2D eigenvalue weighted by molar-refractivity contribution is 0.922. The first-order valence-electron chi connectivity index (χ1n) is 7.98. The summed E-state index contributed by atoms with van der Waals surface area (Å²) < 4.78 is 0. The molecule has 1 heterocycles. The van der Waals surface area contributed by atoms with Crippen LogP contribution in [0, 0.1) is 22.7 Å². The molecule has 4 nitrogen and oxygen atoms in total. The van der Waals surface area contributed by atoms with Crippen LogP contribution in [-0.4, -0.2) is 12.3 Å². The smallest absolute Gasteiger partial charge is 0.130 e. The number of nitriles is 2. The fraction of sp³-hybridized carbons (Fsp3) is 0.0952. The Morgan fingerprint density at radius 3 is 2.28 bits per heavy atom. The average Bonchev–Trinajstić information content (AvgIpc) is 3.15. The van der Waals surface area contributed by atoms with E-state index in [0.717, 1.165) is 35.5 Å². The molecular weight excluding hydrogens is 308 g/mol. The number of allylic oxidation sites excluding steroid dienone is 2. The Labute approximate surface area is 147 Å². The van der Waals surface area contributed by atoms with Crippen LogP contribution in [0.4, 0.5) is 5.69 Å². The van der Waals surface area contributed by atoms with Crippen molar-refractivity contribution < 1.29 is 0 Å². The molecule has 3 rings (SSSR count). The number of nitrogens with zero attached hydrogens (tertiary/aromatic N) is 4. The van der Waals surface area contributed by atoms with Gasteiger partial charge in [-0.2, -0.15) is 15.6 Å². The fourth-order valence-corrected chi connectivity index (χ4v) is 2.53. The van der Waals surface area contributed by atoms with Crippen LogP contribution in [-0.2, 0) is 0 Å². The van der Waals surface area contributed by atoms with Crippen molar-refractivity contribution in [3.8, 4) is 12.1 Å². The Bertz CT molecular complexity index is 891. The van der Waals surface area contributed by atoms with E-state index < -0.39 is 0 Å². The predicted molar refractivity (Wildman–Crippen MR) is 101 cm³/mol. The van der Waals surface area contributed by atoms with Gasteiger partial charge in [-0.3, -0.25) is 5.01 Å². The third-order valence-corrected chi connectivity index (χ3v) is 3.84. The first-order valence-corrected chi connectivity index (χ1v) is 7.98. The van der Waals surface area contributed by atoms with E-state index >= 15 is 0 Å². The molecule has 0 aliphatic carbocycles. The molecule has 0 aromatic heterocycles. The van der Waals surface area contributed by atoms with Crippen molar-refractivity contribution in [3.63, 3.8) is 0 Å². The number of anilines is 1. The Hall–Kier alpha value is -3.63. The molecule has 0 unspecified atom stereocenters. The second-order valence-electron chi connectivity index (χ2n) is 5.58. The highest BCUT2D eigenvalue weighted by atomic mass is 15.5. The maximum atomic E-state index is 8.78. The average molecular weight is 324 g/mol. The van der Waals surface area contributed by atoms with Crippen LogP contribution in [0.25, 0.3) is 12.2 Å². The summed E-state index contributed by atoms with van der Waals surface area (Å²) in [4.78, 5) is 0. The van der Waals surface area contributed by atoms with E-state index in [0.29, 0.717) is 0 Å². The SMILES string of the molecule is N#CC(C#N)=Cc1ccc(/C=C/C2=NN(c3ccccc3)CC2)cc1. The molecule has 0 N–H and O–H groups in total. The number of rotatable bonds is 4. The van der Waals surface area contributed by atoms with Crippen LogP contribution >= 0.6 is 0 Å². The molecular formula is C21H16N4. The maximum Gasteiger partial charge on any atom is 0.130 e. The van der Waals surface area contributed by atoms with Crippen LogP contribution in [0.15, 0.2) is 71.3 Å². The highest BCUT2D eigenvalue weighted by Gasteiger charge is 2.13. The summed E-state index contributed by atoms with van der Waals surface area (Å²) >= 11 is 0. The van der Waals surface area contributed by atoms with E-state index in [1.54, 1.807) is 6.08 Å². The summed E-state index contributed by atoms with van der Waals surface area (Å²) in [6.07, 6.45) is 6.55. The maximum absolute atomic E-state index is 8.78. The van der Waals surface area contributed by atoms with Gasteiger partial charge in [0.15, 0.2) is 0 Å². The van der Waals surface area contributed by atoms with Crippen molar-refractivity contribution in [1.82, 2.24) is 0 Å². The molecule has 0 amide bonds. The Morgan fingerprint density at radius 1 is 0.920 bits per heavy atom. The van der Waals surface area contributed by atoms with E-state index in [9.17, 15) is 0 Å². The van der Waals surface area contributed by atoms with Crippen LogP contribution in [0.2, 0.25) is 0 Å². The first-order chi connectivity index (χ1) is 12.3. The van der Waals surface area contributed by atoms with Crippen LogP contribution in [0.5, 0.6) is 0 Å². The molecule has 2 aromatic carbocycles. The summed E-state index contributed by atoms with van der Waals surface area (Å²) in [5.41, 5.74) is 4.14. The van der Waals surface area contributed by atoms with E-state index in [-0.39, 0.29) is 5.57 Å². The number of hydrogen-bond acceptors (Lipinski definition) is 4. The molecule has 1 aliphatic rings. The van der Waals surface area contributed by atoms with Crippen molar-refractivity contribution in [2.75, 3.05) is 11.6 Å². The topological polar surface area (TPSA) is 63.2 Å². The number of hydrazone groups is 1. The Balaban J connectivity index is 1.68. The second kappa shape index (κ2) is 7.77. The van der Waals surface area contributed by atoms with Gasteiger partial charge in [0.25, 0.3) is 0 Å². The molecule has 0 atom stereocenters. The summed E-state index contributed by atoms with van der Waals surface area (Å²) in [5.74, 6) is 0. The minimum atomic E-state index is 0.101. The van der Waals surface area contributed by atoms with Gasteiger partial charge in [-0.15, -0.1) is 0 Å². The lowest BCUT2D eigenvalue weighted by Crippen LogP contribution is -2.11. The van der Waals surface area contributed by atoms with E-state index in [4.69, 9.17) is 10.5 Å². The molecule has 0 saturated carbocycles. The molecule has 0 saturated heterocycles. The third kappa shape index (κ3) is 4.22. The van der Waals surface area contributed by atoms with E-state index in [1.807, 2.05) is 71.8 Å². The lowest BCUT2D eigenvalue weighted by atomic mass is 10.1. The standard InChI is InChI=1S/C21H16N4/c22-15-19(16-23)14-18-8-6-17(7-9-18)10-11-20-12-13-25(24-20)21-4-2-1-3-5-21/h1-11,14H,12-13H2/b11-10+. The van der Waals surface area contributed by atoms with Crippen LogP contribution in [0.1, 0.15) is 17.5 Å². The number of para-hydroxylation sites is 1. The molecule has 0 radical (unpaired) electrons. The fourth-order valence-electron chi connectivity index (χ4n) is 2.53. The lowest BCUT2D eigenvalue weighted by Gasteiger charge is -2.12. The first kappa shape index (κ1) is 16.2. The Morgan fingerprint density at radius 2 is 1.60 bits per heavy atom. The van der Waals surface area contributed by atoms with Gasteiger partial charge >= 0.3 is 0 Å². The van der Waals surface area contributed by atoms with Crippen molar-refractivity contribution in [2.45, 2.75) is 6.42 Å². The number of benzene rings is 2. The highest BCUT2D eigenvalue weighted by molar-refractivity contribution is 6.00. The van der Waals surface area contributed by atoms with Gasteiger partial charge in [0.05, 0.1) is 11.4 Å². The second-order valence-corrected chi connectivity index (χ2v) is 5.58. The van der Waals surface area contributed by atoms with Gasteiger partial charge in [0, 0.05) is 13.0 Å². The molecule has 1 aliphatic heterocycles. The zero-order chi connectivity index (χ0) is 17.5. The molecule has 0 spiro atoms. The molecule has 4 heteroatoms. The van der Waals surface area contributed by atoms with Gasteiger partial charge in [-0.25, -0.2) is 0 Å². The Kier molecular flexibility index (Phi) is 5.04. The summed E-state index contributed by atoms with van der Waals surface area (Å²) in [6.45, 7) is 0.887. The number of hydrogen-bond donors (Lipinski definition) is 0. The zero-order valence-corrected chi connectivity index (χ0v) is 13.6. The largest absolute Gasteiger partial charge is 0.265 e. The molecule has 25 heavy (non-hydrogen) atoms. The van der Waals surface area contributed by atoms with Gasteiger partial charge < -0.3 is 0 Å². The van der Waals surface area contributed by atoms with Gasteiger partial charge in [0.1, 0.15) is 17.7 Å². The molecule has 0 fully saturated rings. The molecule has 0 bridgehead atoms. The van der Waals surface area contributed by atoms with Gasteiger partial charge in [0.2, 0.25) is 0 Å². The summed E-state index contributed by atoms with van der Waals surface area (Å²) in [6, 6.07) is 21.5. The summed E-state index contributed by atoms with van der Waals surface area (Å²) in [7, 11) is 0. The van der Waals surface area contributed by atoms with Crippen molar-refractivity contribution in [3.05, 3.63) is 77.4 Å². The quantitative estimate of drug-likeness (QED) is 0.783. The van der Waals surface area contributed by atoms with Crippen LogP contribution < -0.4 is 5.01 Å². The zero-order valence-electron chi connectivity index (χ0n) is 13.6. The monoisotopic (exact) mass is 324 g/mol. The molecule has 2 aromatic rings.